The smallest absolute Gasteiger partial charge is 0.230 e. The minimum absolute atomic E-state index is 0.00648. The molecule has 2 N–H and O–H groups in total. The first-order valence-electron chi connectivity index (χ1n) is 13.4. The molecule has 1 fully saturated rings. The molecule has 5 rings (SSSR count). The first-order valence-corrected chi connectivity index (χ1v) is 13.4. The Morgan fingerprint density at radius 3 is 2.44 bits per heavy atom. The van der Waals surface area contributed by atoms with Crippen LogP contribution in [0.1, 0.15) is 70.4 Å². The Hall–Kier alpha value is -3.56. The molecule has 9 heteroatoms. The number of hydrogen-bond acceptors (Lipinski definition) is 7. The van der Waals surface area contributed by atoms with Crippen LogP contribution in [-0.2, 0) is 21.8 Å². The van der Waals surface area contributed by atoms with Crippen molar-refractivity contribution < 1.29 is 23.7 Å². The van der Waals surface area contributed by atoms with Gasteiger partial charge in [-0.2, -0.15) is 0 Å². The van der Waals surface area contributed by atoms with Gasteiger partial charge in [-0.1, -0.05) is 81.7 Å². The average Bonchev–Trinajstić information content (AvgIpc) is 3.67. The first kappa shape index (κ1) is 30.0. The van der Waals surface area contributed by atoms with E-state index < -0.39 is 5.72 Å². The number of carbonyl (C=O) groups is 1. The average molecular weight is 539 g/mol. The fourth-order valence-electron chi connectivity index (χ4n) is 4.02. The zero-order valence-electron chi connectivity index (χ0n) is 23.4. The van der Waals surface area contributed by atoms with Gasteiger partial charge in [-0.3, -0.25) is 10.3 Å². The summed E-state index contributed by atoms with van der Waals surface area (Å²) in [6, 6.07) is 16.1. The van der Waals surface area contributed by atoms with Crippen molar-refractivity contribution in [2.24, 2.45) is 4.99 Å². The van der Waals surface area contributed by atoms with Crippen LogP contribution in [0.5, 0.6) is 0 Å². The largest absolute Gasteiger partial charge is 0.391 e. The number of β-amino-alcohol motifs (C(OH)–C–C–N with tert-alkyl or cyclic N) is 1. The maximum absolute atomic E-state index is 13.7. The van der Waals surface area contributed by atoms with E-state index in [2.05, 4.69) is 29.5 Å². The van der Waals surface area contributed by atoms with Crippen molar-refractivity contribution in [3.05, 3.63) is 77.4 Å². The second-order valence-corrected chi connectivity index (χ2v) is 10.1. The van der Waals surface area contributed by atoms with Gasteiger partial charge in [-0.15, -0.1) is 0 Å². The fourth-order valence-corrected chi connectivity index (χ4v) is 4.02. The van der Waals surface area contributed by atoms with E-state index in [-0.39, 0.29) is 24.2 Å². The van der Waals surface area contributed by atoms with Crippen LogP contribution in [-0.4, -0.2) is 46.6 Å². The second-order valence-electron chi connectivity index (χ2n) is 10.1. The predicted octanol–water partition coefficient (Wildman–Crippen LogP) is 5.58. The van der Waals surface area contributed by atoms with Crippen LogP contribution in [0.25, 0.3) is 11.1 Å². The summed E-state index contributed by atoms with van der Waals surface area (Å²) in [7, 11) is 0. The molecular formula is C30H39FN4O4. The van der Waals surface area contributed by atoms with Crippen molar-refractivity contribution >= 4 is 12.2 Å². The molecule has 3 heterocycles. The maximum Gasteiger partial charge on any atom is 0.230 e. The molecule has 8 nitrogen and oxygen atoms in total. The summed E-state index contributed by atoms with van der Waals surface area (Å²) in [6.07, 6.45) is 3.29. The number of hydroxylamine groups is 1. The number of likely N-dealkylation sites (tertiary alicyclic amines) is 1. The third kappa shape index (κ3) is 8.21. The molecule has 1 saturated heterocycles. The van der Waals surface area contributed by atoms with E-state index in [9.17, 15) is 14.3 Å². The van der Waals surface area contributed by atoms with E-state index >= 15 is 0 Å². The summed E-state index contributed by atoms with van der Waals surface area (Å²) < 4.78 is 18.8. The van der Waals surface area contributed by atoms with Gasteiger partial charge < -0.3 is 14.5 Å². The molecule has 2 aromatic carbocycles. The van der Waals surface area contributed by atoms with Crippen LogP contribution < -0.4 is 5.48 Å². The summed E-state index contributed by atoms with van der Waals surface area (Å²) in [5.74, 6) is 0.669. The van der Waals surface area contributed by atoms with Gasteiger partial charge in [-0.05, 0) is 30.9 Å². The standard InChI is InChI=1S/C15H13FN2O.C12H18N2O3.C3H8/c1-15(17-10-18-19-15)12-8-6-11(7-9-12)13-4-2-3-5-14(13)16;1-8(2)11-5-10(17-13-11)6-12(16)14-4-3-9(15)7-14;1-3-2/h2-10H,1H3,(H,17,18);5,8-9,15H,3-4,6-7H2,1-2H3;3H2,1-2H3. The number of benzene rings is 2. The van der Waals surface area contributed by atoms with Gasteiger partial charge in [0.1, 0.15) is 17.9 Å². The minimum atomic E-state index is -0.715. The third-order valence-corrected chi connectivity index (χ3v) is 6.24. The van der Waals surface area contributed by atoms with Crippen molar-refractivity contribution in [1.82, 2.24) is 15.5 Å². The van der Waals surface area contributed by atoms with Gasteiger partial charge in [0.05, 0.1) is 18.2 Å². The molecule has 210 valence electrons. The quantitative estimate of drug-likeness (QED) is 0.440. The number of carbonyl (C=O) groups excluding carboxylic acids is 1. The van der Waals surface area contributed by atoms with Crippen LogP contribution in [0, 0.1) is 5.82 Å². The first-order chi connectivity index (χ1) is 18.7. The molecular weight excluding hydrogens is 499 g/mol. The number of nitrogens with zero attached hydrogens (tertiary/aromatic N) is 3. The number of rotatable bonds is 5. The van der Waals surface area contributed by atoms with Crippen LogP contribution in [0.2, 0.25) is 0 Å². The SMILES string of the molecule is CC(C)c1cc(CC(=O)N2CCC(O)C2)on1.CC1(c2ccc(-c3ccccc3F)cc2)N=CNO1.CCC. The zero-order valence-corrected chi connectivity index (χ0v) is 23.4. The molecule has 1 aromatic heterocycles. The van der Waals surface area contributed by atoms with Gasteiger partial charge in [0.25, 0.3) is 0 Å². The molecule has 0 radical (unpaired) electrons. The molecule has 2 unspecified atom stereocenters. The summed E-state index contributed by atoms with van der Waals surface area (Å²) in [6.45, 7) is 11.2. The van der Waals surface area contributed by atoms with Gasteiger partial charge >= 0.3 is 0 Å². The van der Waals surface area contributed by atoms with Crippen LogP contribution >= 0.6 is 0 Å². The normalized spacial score (nSPS) is 19.7. The molecule has 2 aliphatic rings. The Balaban J connectivity index is 0.000000197. The Morgan fingerprint density at radius 2 is 1.90 bits per heavy atom. The Kier molecular flexibility index (Phi) is 10.8. The molecule has 1 amide bonds. The van der Waals surface area contributed by atoms with E-state index in [4.69, 9.17) is 9.36 Å². The summed E-state index contributed by atoms with van der Waals surface area (Å²) >= 11 is 0. The van der Waals surface area contributed by atoms with Crippen LogP contribution in [0.15, 0.2) is 64.1 Å². The van der Waals surface area contributed by atoms with E-state index in [0.717, 1.165) is 16.8 Å². The number of aliphatic hydroxyl groups is 1. The van der Waals surface area contributed by atoms with Crippen molar-refractivity contribution in [2.45, 2.75) is 71.6 Å². The maximum atomic E-state index is 13.7. The zero-order chi connectivity index (χ0) is 28.4. The van der Waals surface area contributed by atoms with Gasteiger partial charge in [-0.25, -0.2) is 14.2 Å². The lowest BCUT2D eigenvalue weighted by Crippen LogP contribution is -2.30. The predicted molar refractivity (Wildman–Crippen MR) is 149 cm³/mol. The number of nitrogens with one attached hydrogen (secondary N) is 1. The third-order valence-electron chi connectivity index (χ3n) is 6.24. The monoisotopic (exact) mass is 538 g/mol. The number of aliphatic imine (C=N–C) groups is 1. The van der Waals surface area contributed by atoms with E-state index in [1.807, 2.05) is 57.2 Å². The highest BCUT2D eigenvalue weighted by Crippen LogP contribution is 2.30. The molecule has 3 aromatic rings. The molecule has 39 heavy (non-hydrogen) atoms. The molecule has 0 bridgehead atoms. The van der Waals surface area contributed by atoms with Crippen molar-refractivity contribution in [2.75, 3.05) is 13.1 Å². The van der Waals surface area contributed by atoms with Crippen molar-refractivity contribution in [3.8, 4) is 11.1 Å². The number of aliphatic hydroxyl groups excluding tert-OH is 1. The molecule has 2 aliphatic heterocycles. The van der Waals surface area contributed by atoms with Crippen LogP contribution in [0.3, 0.4) is 0 Å². The topological polar surface area (TPSA) is 100 Å². The molecule has 0 saturated carbocycles. The summed E-state index contributed by atoms with van der Waals surface area (Å²) in [4.78, 5) is 23.1. The van der Waals surface area contributed by atoms with Gasteiger partial charge in [0, 0.05) is 30.3 Å². The van der Waals surface area contributed by atoms with Gasteiger partial charge in [0.2, 0.25) is 11.6 Å². The van der Waals surface area contributed by atoms with Crippen LogP contribution in [0.4, 0.5) is 4.39 Å². The highest BCUT2D eigenvalue weighted by atomic mass is 19.1. The number of hydrogen-bond donors (Lipinski definition) is 2. The highest BCUT2D eigenvalue weighted by molar-refractivity contribution is 5.78. The summed E-state index contributed by atoms with van der Waals surface area (Å²) in [5, 5.41) is 13.3. The fraction of sp³-hybridized carbons (Fsp3) is 0.433. The molecule has 2 atom stereocenters. The Labute approximate surface area is 229 Å². The second kappa shape index (κ2) is 14.0. The highest BCUT2D eigenvalue weighted by Gasteiger charge is 2.30. The lowest BCUT2D eigenvalue weighted by molar-refractivity contribution is -0.130. The molecule has 0 spiro atoms. The lowest BCUT2D eigenvalue weighted by atomic mass is 9.99. The van der Waals surface area contributed by atoms with E-state index in [0.29, 0.717) is 36.8 Å². The van der Waals surface area contributed by atoms with Gasteiger partial charge in [0.15, 0.2) is 0 Å². The summed E-state index contributed by atoms with van der Waals surface area (Å²) in [5.41, 5.74) is 5.11. The van der Waals surface area contributed by atoms with Crippen molar-refractivity contribution in [3.63, 3.8) is 0 Å². The lowest BCUT2D eigenvalue weighted by Gasteiger charge is -2.19. The van der Waals surface area contributed by atoms with E-state index in [1.165, 1.54) is 18.8 Å². The Morgan fingerprint density at radius 1 is 1.21 bits per heavy atom. The number of amides is 1. The number of aromatic nitrogens is 1. The number of halogens is 1. The minimum Gasteiger partial charge on any atom is -0.391 e. The van der Waals surface area contributed by atoms with E-state index in [1.54, 1.807) is 17.0 Å². The van der Waals surface area contributed by atoms with Crippen molar-refractivity contribution in [1.29, 1.82) is 0 Å². The Bertz CT molecular complexity index is 1230. The molecule has 0 aliphatic carbocycles.